The van der Waals surface area contributed by atoms with E-state index >= 15 is 0 Å². The van der Waals surface area contributed by atoms with Crippen LogP contribution < -0.4 is 5.32 Å². The molecule has 0 bridgehead atoms. The Morgan fingerprint density at radius 2 is 1.86 bits per heavy atom. The highest BCUT2D eigenvalue weighted by atomic mass is 32.2. The van der Waals surface area contributed by atoms with Crippen molar-refractivity contribution < 1.29 is 18.8 Å². The standard InChI is InChI=1S/C21H20N2O4S/c1-15-11-17(23-27-15)14-28-19-10-6-5-9-18(19)21(25)26-13-20(24)22-12-16-7-3-2-4-8-16/h2-11H,12-14H2,1H3,(H,22,24). The molecule has 6 nitrogen and oxygen atoms in total. The van der Waals surface area contributed by atoms with Crippen molar-refractivity contribution >= 4 is 23.6 Å². The van der Waals surface area contributed by atoms with Crippen LogP contribution in [0, 0.1) is 6.92 Å². The smallest absolute Gasteiger partial charge is 0.339 e. The van der Waals surface area contributed by atoms with Gasteiger partial charge in [-0.1, -0.05) is 47.6 Å². The Bertz CT molecular complexity index is 940. The van der Waals surface area contributed by atoms with Gasteiger partial charge >= 0.3 is 5.97 Å². The number of esters is 1. The molecule has 0 radical (unpaired) electrons. The molecule has 7 heteroatoms. The Morgan fingerprint density at radius 3 is 2.61 bits per heavy atom. The molecular formula is C21H20N2O4S. The van der Waals surface area contributed by atoms with E-state index in [4.69, 9.17) is 9.26 Å². The zero-order valence-corrected chi connectivity index (χ0v) is 16.2. The van der Waals surface area contributed by atoms with E-state index in [1.54, 1.807) is 12.1 Å². The number of aromatic nitrogens is 1. The molecule has 3 rings (SSSR count). The van der Waals surface area contributed by atoms with Crippen LogP contribution in [0.15, 0.2) is 70.1 Å². The number of nitrogens with zero attached hydrogens (tertiary/aromatic N) is 1. The van der Waals surface area contributed by atoms with Gasteiger partial charge in [-0.25, -0.2) is 4.79 Å². The molecule has 144 valence electrons. The third-order valence-corrected chi connectivity index (χ3v) is 4.93. The molecule has 3 aromatic rings. The van der Waals surface area contributed by atoms with Crippen LogP contribution in [0.25, 0.3) is 0 Å². The number of nitrogens with one attached hydrogen (secondary N) is 1. The SMILES string of the molecule is Cc1cc(CSc2ccccc2C(=O)OCC(=O)NCc2ccccc2)no1. The third-order valence-electron chi connectivity index (χ3n) is 3.83. The van der Waals surface area contributed by atoms with Crippen LogP contribution in [0.2, 0.25) is 0 Å². The quantitative estimate of drug-likeness (QED) is 0.461. The van der Waals surface area contributed by atoms with E-state index in [-0.39, 0.29) is 12.5 Å². The molecule has 0 fully saturated rings. The molecule has 1 aromatic heterocycles. The van der Waals surface area contributed by atoms with Gasteiger partial charge in [0.05, 0.1) is 11.3 Å². The summed E-state index contributed by atoms with van der Waals surface area (Å²) in [7, 11) is 0. The lowest BCUT2D eigenvalue weighted by molar-refractivity contribution is -0.124. The highest BCUT2D eigenvalue weighted by molar-refractivity contribution is 7.98. The summed E-state index contributed by atoms with van der Waals surface area (Å²) in [6.07, 6.45) is 0. The van der Waals surface area contributed by atoms with E-state index in [9.17, 15) is 9.59 Å². The number of rotatable bonds is 8. The summed E-state index contributed by atoms with van der Waals surface area (Å²) < 4.78 is 10.2. The number of aryl methyl sites for hydroxylation is 1. The van der Waals surface area contributed by atoms with Crippen molar-refractivity contribution in [3.8, 4) is 0 Å². The molecule has 0 unspecified atom stereocenters. The number of ether oxygens (including phenoxy) is 1. The Balaban J connectivity index is 1.51. The van der Waals surface area contributed by atoms with Crippen LogP contribution in [0.4, 0.5) is 0 Å². The molecule has 1 amide bonds. The number of hydrogen-bond acceptors (Lipinski definition) is 6. The summed E-state index contributed by atoms with van der Waals surface area (Å²) in [5.41, 5.74) is 2.20. The van der Waals surface area contributed by atoms with Crippen LogP contribution in [0.3, 0.4) is 0 Å². The fourth-order valence-corrected chi connectivity index (χ4v) is 3.38. The van der Waals surface area contributed by atoms with E-state index in [0.717, 1.165) is 21.9 Å². The fourth-order valence-electron chi connectivity index (χ4n) is 2.46. The predicted molar refractivity (Wildman–Crippen MR) is 106 cm³/mol. The van der Waals surface area contributed by atoms with Crippen molar-refractivity contribution in [2.45, 2.75) is 24.1 Å². The number of carbonyl (C=O) groups is 2. The van der Waals surface area contributed by atoms with Gasteiger partial charge in [0, 0.05) is 23.3 Å². The average molecular weight is 396 g/mol. The van der Waals surface area contributed by atoms with E-state index in [1.165, 1.54) is 11.8 Å². The summed E-state index contributed by atoms with van der Waals surface area (Å²) in [4.78, 5) is 25.1. The highest BCUT2D eigenvalue weighted by Gasteiger charge is 2.15. The fraction of sp³-hybridized carbons (Fsp3) is 0.190. The Kier molecular flexibility index (Phi) is 6.86. The first-order valence-corrected chi connectivity index (χ1v) is 9.72. The van der Waals surface area contributed by atoms with Gasteiger partial charge in [-0.15, -0.1) is 11.8 Å². The molecule has 2 aromatic carbocycles. The molecule has 28 heavy (non-hydrogen) atoms. The summed E-state index contributed by atoms with van der Waals surface area (Å²) in [6.45, 7) is 1.89. The minimum Gasteiger partial charge on any atom is -0.452 e. The minimum absolute atomic E-state index is 0.326. The molecule has 0 saturated carbocycles. The zero-order valence-electron chi connectivity index (χ0n) is 15.4. The third kappa shape index (κ3) is 5.72. The Morgan fingerprint density at radius 1 is 1.11 bits per heavy atom. The molecule has 0 saturated heterocycles. The normalized spacial score (nSPS) is 10.5. The lowest BCUT2D eigenvalue weighted by Crippen LogP contribution is -2.28. The maximum atomic E-state index is 12.4. The van der Waals surface area contributed by atoms with Gasteiger partial charge in [0.25, 0.3) is 5.91 Å². The lowest BCUT2D eigenvalue weighted by Gasteiger charge is -2.09. The van der Waals surface area contributed by atoms with E-state index in [0.29, 0.717) is 17.9 Å². The van der Waals surface area contributed by atoms with Crippen LogP contribution >= 0.6 is 11.8 Å². The van der Waals surface area contributed by atoms with Gasteiger partial charge in [-0.05, 0) is 24.6 Å². The molecule has 1 N–H and O–H groups in total. The second kappa shape index (κ2) is 9.75. The summed E-state index contributed by atoms with van der Waals surface area (Å²) in [5, 5.41) is 6.67. The van der Waals surface area contributed by atoms with Crippen molar-refractivity contribution in [1.82, 2.24) is 10.5 Å². The van der Waals surface area contributed by atoms with Crippen molar-refractivity contribution in [3.63, 3.8) is 0 Å². The van der Waals surface area contributed by atoms with Crippen molar-refractivity contribution in [2.75, 3.05) is 6.61 Å². The Labute approximate surface area is 167 Å². The topological polar surface area (TPSA) is 81.4 Å². The first kappa shape index (κ1) is 19.7. The van der Waals surface area contributed by atoms with Gasteiger partial charge in [0.15, 0.2) is 6.61 Å². The van der Waals surface area contributed by atoms with Gasteiger partial charge in [-0.3, -0.25) is 4.79 Å². The largest absolute Gasteiger partial charge is 0.452 e. The van der Waals surface area contributed by atoms with Crippen molar-refractivity contribution in [1.29, 1.82) is 0 Å². The predicted octanol–water partition coefficient (Wildman–Crippen LogP) is 3.75. The monoisotopic (exact) mass is 396 g/mol. The van der Waals surface area contributed by atoms with E-state index in [1.807, 2.05) is 55.5 Å². The van der Waals surface area contributed by atoms with Crippen molar-refractivity contribution in [3.05, 3.63) is 83.2 Å². The molecular weight excluding hydrogens is 376 g/mol. The average Bonchev–Trinajstić information content (AvgIpc) is 3.15. The molecule has 0 aliphatic rings. The van der Waals surface area contributed by atoms with Crippen LogP contribution in [-0.4, -0.2) is 23.6 Å². The summed E-state index contributed by atoms with van der Waals surface area (Å²) in [6, 6.07) is 18.5. The summed E-state index contributed by atoms with van der Waals surface area (Å²) in [5.74, 6) is 0.429. The van der Waals surface area contributed by atoms with Gasteiger partial charge in [0.2, 0.25) is 0 Å². The maximum Gasteiger partial charge on any atom is 0.339 e. The molecule has 0 aliphatic carbocycles. The second-order valence-electron chi connectivity index (χ2n) is 6.05. The number of hydrogen-bond donors (Lipinski definition) is 1. The lowest BCUT2D eigenvalue weighted by atomic mass is 10.2. The molecule has 0 aliphatic heterocycles. The number of thioether (sulfide) groups is 1. The first-order chi connectivity index (χ1) is 13.6. The number of benzene rings is 2. The van der Waals surface area contributed by atoms with Crippen molar-refractivity contribution in [2.24, 2.45) is 0 Å². The van der Waals surface area contributed by atoms with Gasteiger partial charge in [0.1, 0.15) is 5.76 Å². The van der Waals surface area contributed by atoms with Crippen LogP contribution in [-0.2, 0) is 21.8 Å². The maximum absolute atomic E-state index is 12.4. The van der Waals surface area contributed by atoms with Crippen LogP contribution in [0.1, 0.15) is 27.4 Å². The van der Waals surface area contributed by atoms with Crippen LogP contribution in [0.5, 0.6) is 0 Å². The molecule has 1 heterocycles. The zero-order chi connectivity index (χ0) is 19.8. The first-order valence-electron chi connectivity index (χ1n) is 8.73. The Hall–Kier alpha value is -3.06. The minimum atomic E-state index is -0.533. The second-order valence-corrected chi connectivity index (χ2v) is 7.07. The van der Waals surface area contributed by atoms with Gasteiger partial charge in [-0.2, -0.15) is 0 Å². The number of carbonyl (C=O) groups excluding carboxylic acids is 2. The molecule has 0 atom stereocenters. The summed E-state index contributed by atoms with van der Waals surface area (Å²) >= 11 is 1.46. The molecule has 0 spiro atoms. The highest BCUT2D eigenvalue weighted by Crippen LogP contribution is 2.26. The van der Waals surface area contributed by atoms with E-state index < -0.39 is 5.97 Å². The van der Waals surface area contributed by atoms with E-state index in [2.05, 4.69) is 10.5 Å². The number of amides is 1. The van der Waals surface area contributed by atoms with Gasteiger partial charge < -0.3 is 14.6 Å².